The molecule has 7 rings (SSSR count). The standard InChI is InChI=1S/C35H42N4O6/c40-32(36-25-12-14-27(15-13-25)44-26-10-5-2-6-11-26)29-28-16-17-35(45-28)30(29)34(42)39(19-7-18-38-20-22-43-23-21-38)31(35)33(41)37-24-8-3-1-4-9-24/h2,5-6,10-17,24,28-31H,1,3-4,7-9,18-23H2,(H,36,40)(H,37,41)/t28-,29-,30-,31+,35-/m0/s1. The van der Waals surface area contributed by atoms with Crippen molar-refractivity contribution in [1.29, 1.82) is 0 Å². The van der Waals surface area contributed by atoms with Gasteiger partial charge in [0.05, 0.1) is 31.2 Å². The van der Waals surface area contributed by atoms with Crippen LogP contribution in [0.1, 0.15) is 38.5 Å². The van der Waals surface area contributed by atoms with Crippen LogP contribution < -0.4 is 15.4 Å². The van der Waals surface area contributed by atoms with Crippen molar-refractivity contribution in [1.82, 2.24) is 15.1 Å². The molecule has 2 bridgehead atoms. The Morgan fingerprint density at radius 2 is 1.64 bits per heavy atom. The van der Waals surface area contributed by atoms with E-state index in [4.69, 9.17) is 14.2 Å². The summed E-state index contributed by atoms with van der Waals surface area (Å²) in [7, 11) is 0. The average Bonchev–Trinajstić information content (AvgIpc) is 3.71. The maximum absolute atomic E-state index is 14.2. The van der Waals surface area contributed by atoms with Gasteiger partial charge >= 0.3 is 0 Å². The molecule has 238 valence electrons. The van der Waals surface area contributed by atoms with Crippen LogP contribution >= 0.6 is 0 Å². The van der Waals surface area contributed by atoms with Gasteiger partial charge in [0.1, 0.15) is 23.1 Å². The molecule has 0 aromatic heterocycles. The van der Waals surface area contributed by atoms with Crippen LogP contribution in [0.4, 0.5) is 5.69 Å². The Morgan fingerprint density at radius 3 is 2.40 bits per heavy atom. The van der Waals surface area contributed by atoms with E-state index in [2.05, 4.69) is 15.5 Å². The molecule has 3 saturated heterocycles. The summed E-state index contributed by atoms with van der Waals surface area (Å²) in [5.41, 5.74) is -0.560. The summed E-state index contributed by atoms with van der Waals surface area (Å²) in [4.78, 5) is 46.1. The highest BCUT2D eigenvalue weighted by Gasteiger charge is 2.72. The van der Waals surface area contributed by atoms with E-state index < -0.39 is 29.6 Å². The first kappa shape index (κ1) is 30.0. The number of rotatable bonds is 10. The van der Waals surface area contributed by atoms with Gasteiger partial charge in [-0.25, -0.2) is 0 Å². The maximum Gasteiger partial charge on any atom is 0.246 e. The normalized spacial score (nSPS) is 29.5. The van der Waals surface area contributed by atoms with Crippen LogP contribution in [0.2, 0.25) is 0 Å². The first-order valence-electron chi connectivity index (χ1n) is 16.4. The summed E-state index contributed by atoms with van der Waals surface area (Å²) in [6.07, 6.45) is 9.15. The number of para-hydroxylation sites is 1. The molecule has 10 nitrogen and oxygen atoms in total. The van der Waals surface area contributed by atoms with Crippen molar-refractivity contribution in [2.24, 2.45) is 11.8 Å². The highest BCUT2D eigenvalue weighted by molar-refractivity contribution is 6.02. The summed E-state index contributed by atoms with van der Waals surface area (Å²) in [5, 5.41) is 6.26. The van der Waals surface area contributed by atoms with Crippen LogP contribution in [0.5, 0.6) is 11.5 Å². The second-order valence-corrected chi connectivity index (χ2v) is 12.8. The van der Waals surface area contributed by atoms with E-state index >= 15 is 0 Å². The molecular formula is C35H42N4O6. The number of carbonyl (C=O) groups is 3. The third kappa shape index (κ3) is 5.98. The van der Waals surface area contributed by atoms with Crippen LogP contribution in [0.3, 0.4) is 0 Å². The lowest BCUT2D eigenvalue weighted by Gasteiger charge is -2.34. The van der Waals surface area contributed by atoms with E-state index in [1.165, 1.54) is 6.42 Å². The SMILES string of the molecule is O=C(Nc1ccc(Oc2ccccc2)cc1)[C@H]1[C@@H]2C=C[C@]3(O2)[C@@H]1C(=O)N(CCCN1CCOCC1)[C@@H]3C(=O)NC1CCCCC1. The second kappa shape index (κ2) is 12.9. The third-order valence-electron chi connectivity index (χ3n) is 9.95. The molecule has 2 N–H and O–H groups in total. The van der Waals surface area contributed by atoms with E-state index in [0.29, 0.717) is 31.2 Å². The molecule has 45 heavy (non-hydrogen) atoms. The molecule has 5 aliphatic rings. The second-order valence-electron chi connectivity index (χ2n) is 12.8. The van der Waals surface area contributed by atoms with Crippen molar-refractivity contribution in [2.45, 2.75) is 62.3 Å². The molecule has 3 amide bonds. The molecule has 4 aliphatic heterocycles. The minimum Gasteiger partial charge on any atom is -0.457 e. The fourth-order valence-electron chi connectivity index (χ4n) is 7.78. The highest BCUT2D eigenvalue weighted by Crippen LogP contribution is 2.55. The number of amides is 3. The number of benzene rings is 2. The Bertz CT molecular complexity index is 1400. The van der Waals surface area contributed by atoms with Gasteiger partial charge in [0.15, 0.2) is 0 Å². The first-order chi connectivity index (χ1) is 22.0. The molecule has 1 aliphatic carbocycles. The third-order valence-corrected chi connectivity index (χ3v) is 9.95. The van der Waals surface area contributed by atoms with Gasteiger partial charge in [0.2, 0.25) is 17.7 Å². The lowest BCUT2D eigenvalue weighted by molar-refractivity contribution is -0.141. The number of carbonyl (C=O) groups excluding carboxylic acids is 3. The minimum atomic E-state index is -1.16. The van der Waals surface area contributed by atoms with Crippen LogP contribution in [0.25, 0.3) is 0 Å². The molecule has 5 atom stereocenters. The van der Waals surface area contributed by atoms with Gasteiger partial charge in [-0.15, -0.1) is 0 Å². The quantitative estimate of drug-likeness (QED) is 0.393. The largest absolute Gasteiger partial charge is 0.457 e. The predicted octanol–water partition coefficient (Wildman–Crippen LogP) is 3.74. The first-order valence-corrected chi connectivity index (χ1v) is 16.4. The van der Waals surface area contributed by atoms with Gasteiger partial charge < -0.3 is 29.7 Å². The molecule has 4 fully saturated rings. The monoisotopic (exact) mass is 614 g/mol. The van der Waals surface area contributed by atoms with Gasteiger partial charge in [0, 0.05) is 37.9 Å². The molecule has 2 aromatic carbocycles. The molecule has 4 heterocycles. The topological polar surface area (TPSA) is 109 Å². The molecule has 0 radical (unpaired) electrons. The van der Waals surface area contributed by atoms with Gasteiger partial charge in [-0.05, 0) is 55.7 Å². The van der Waals surface area contributed by atoms with E-state index in [1.807, 2.05) is 42.5 Å². The molecule has 10 heteroatoms. The Morgan fingerprint density at radius 1 is 0.911 bits per heavy atom. The number of likely N-dealkylation sites (tertiary alicyclic amines) is 1. The zero-order valence-electron chi connectivity index (χ0n) is 25.6. The summed E-state index contributed by atoms with van der Waals surface area (Å²) in [6.45, 7) is 4.38. The number of fused-ring (bicyclic) bond motifs is 1. The Balaban J connectivity index is 1.08. The molecule has 0 unspecified atom stereocenters. The van der Waals surface area contributed by atoms with Crippen molar-refractivity contribution < 1.29 is 28.6 Å². The van der Waals surface area contributed by atoms with Gasteiger partial charge in [-0.3, -0.25) is 19.3 Å². The van der Waals surface area contributed by atoms with Crippen molar-refractivity contribution in [3.05, 3.63) is 66.7 Å². The number of hydrogen-bond donors (Lipinski definition) is 2. The molecule has 1 spiro atoms. The Kier molecular flexibility index (Phi) is 8.61. The zero-order chi connectivity index (χ0) is 30.8. The summed E-state index contributed by atoms with van der Waals surface area (Å²) in [5.74, 6) is -0.779. The number of anilines is 1. The Labute approximate surface area is 264 Å². The van der Waals surface area contributed by atoms with Crippen LogP contribution in [0.15, 0.2) is 66.7 Å². The van der Waals surface area contributed by atoms with E-state index in [9.17, 15) is 14.4 Å². The number of ether oxygens (including phenoxy) is 3. The summed E-state index contributed by atoms with van der Waals surface area (Å²) in [6, 6.07) is 15.9. The Hall–Kier alpha value is -3.73. The molecular weight excluding hydrogens is 572 g/mol. The van der Waals surface area contributed by atoms with E-state index in [0.717, 1.165) is 57.5 Å². The number of hydrogen-bond acceptors (Lipinski definition) is 7. The maximum atomic E-state index is 14.2. The zero-order valence-corrected chi connectivity index (χ0v) is 25.6. The fraction of sp³-hybridized carbons (Fsp3) is 0.514. The van der Waals surface area contributed by atoms with Crippen molar-refractivity contribution in [3.8, 4) is 11.5 Å². The fourth-order valence-corrected chi connectivity index (χ4v) is 7.78. The van der Waals surface area contributed by atoms with Gasteiger partial charge in [-0.2, -0.15) is 0 Å². The van der Waals surface area contributed by atoms with E-state index in [-0.39, 0.29) is 23.8 Å². The molecule has 2 aromatic rings. The number of nitrogens with one attached hydrogen (secondary N) is 2. The van der Waals surface area contributed by atoms with Gasteiger partial charge in [0.25, 0.3) is 0 Å². The molecule has 1 saturated carbocycles. The predicted molar refractivity (Wildman–Crippen MR) is 168 cm³/mol. The average molecular weight is 615 g/mol. The van der Waals surface area contributed by atoms with Crippen molar-refractivity contribution >= 4 is 23.4 Å². The minimum absolute atomic E-state index is 0.0996. The number of nitrogens with zero attached hydrogens (tertiary/aromatic N) is 2. The lowest BCUT2D eigenvalue weighted by atomic mass is 9.74. The van der Waals surface area contributed by atoms with Crippen molar-refractivity contribution in [2.75, 3.05) is 44.7 Å². The smallest absolute Gasteiger partial charge is 0.246 e. The van der Waals surface area contributed by atoms with E-state index in [1.54, 1.807) is 29.2 Å². The highest BCUT2D eigenvalue weighted by atomic mass is 16.5. The summed E-state index contributed by atoms with van der Waals surface area (Å²) >= 11 is 0. The van der Waals surface area contributed by atoms with Crippen molar-refractivity contribution in [3.63, 3.8) is 0 Å². The van der Waals surface area contributed by atoms with Crippen LogP contribution in [0, 0.1) is 11.8 Å². The van der Waals surface area contributed by atoms with Gasteiger partial charge in [-0.1, -0.05) is 49.6 Å². The van der Waals surface area contributed by atoms with Crippen LogP contribution in [-0.4, -0.2) is 90.7 Å². The number of morpholine rings is 1. The summed E-state index contributed by atoms with van der Waals surface area (Å²) < 4.78 is 17.9. The van der Waals surface area contributed by atoms with Crippen LogP contribution in [-0.2, 0) is 23.9 Å². The lowest BCUT2D eigenvalue weighted by Crippen LogP contribution is -2.56.